The van der Waals surface area contributed by atoms with Crippen LogP contribution in [-0.2, 0) is 17.3 Å². The van der Waals surface area contributed by atoms with Crippen molar-refractivity contribution in [3.63, 3.8) is 0 Å². The van der Waals surface area contributed by atoms with Gasteiger partial charge in [-0.2, -0.15) is 10.1 Å². The summed E-state index contributed by atoms with van der Waals surface area (Å²) >= 11 is 0. The summed E-state index contributed by atoms with van der Waals surface area (Å²) in [6.07, 6.45) is 5.48. The molecule has 2 unspecified atom stereocenters. The van der Waals surface area contributed by atoms with Crippen molar-refractivity contribution < 1.29 is 14.6 Å². The van der Waals surface area contributed by atoms with Gasteiger partial charge in [-0.05, 0) is 25.3 Å². The lowest BCUT2D eigenvalue weighted by molar-refractivity contribution is -0.114. The average molecular weight is 505 g/mol. The quantitative estimate of drug-likeness (QED) is 0.351. The number of imidazole rings is 1. The molecule has 11 nitrogen and oxygen atoms in total. The summed E-state index contributed by atoms with van der Waals surface area (Å²) in [7, 11) is 1.90. The van der Waals surface area contributed by atoms with E-state index in [1.54, 1.807) is 24.5 Å². The second-order valence-electron chi connectivity index (χ2n) is 10.5. The summed E-state index contributed by atoms with van der Waals surface area (Å²) in [5.41, 5.74) is 2.26. The van der Waals surface area contributed by atoms with Gasteiger partial charge in [0.25, 0.3) is 0 Å². The Hall–Kier alpha value is -3.99. The fourth-order valence-electron chi connectivity index (χ4n) is 4.67. The number of amides is 1. The number of aryl methyl sites for hydroxylation is 1. The molecule has 5 rings (SSSR count). The lowest BCUT2D eigenvalue weighted by atomic mass is 9.91. The second kappa shape index (κ2) is 9.47. The van der Waals surface area contributed by atoms with Gasteiger partial charge in [0.05, 0.1) is 23.9 Å². The fourth-order valence-corrected chi connectivity index (χ4v) is 4.67. The number of carbonyl (C=O) groups excluding carboxylic acids is 1. The molecule has 0 radical (unpaired) electrons. The number of ether oxygens (including phenoxy) is 1. The molecule has 0 bridgehead atoms. The van der Waals surface area contributed by atoms with Crippen LogP contribution in [0.25, 0.3) is 11.2 Å². The van der Waals surface area contributed by atoms with Crippen molar-refractivity contribution in [2.24, 2.45) is 7.05 Å². The molecule has 1 fully saturated rings. The van der Waals surface area contributed by atoms with Gasteiger partial charge in [-0.15, -0.1) is 0 Å². The highest BCUT2D eigenvalue weighted by Gasteiger charge is 2.32. The molecule has 4 aromatic rings. The Morgan fingerprint density at radius 1 is 1.14 bits per heavy atom. The molecule has 11 heteroatoms. The van der Waals surface area contributed by atoms with Crippen LogP contribution in [0.1, 0.15) is 58.7 Å². The van der Waals surface area contributed by atoms with Gasteiger partial charge in [-0.25, -0.2) is 9.97 Å². The lowest BCUT2D eigenvalue weighted by Crippen LogP contribution is -2.26. The molecule has 0 aromatic carbocycles. The Morgan fingerprint density at radius 3 is 2.65 bits per heavy atom. The van der Waals surface area contributed by atoms with Gasteiger partial charge in [0.1, 0.15) is 17.3 Å². The minimum Gasteiger partial charge on any atom is -0.455 e. The molecule has 3 N–H and O–H groups in total. The lowest BCUT2D eigenvalue weighted by Gasteiger charge is -2.25. The zero-order chi connectivity index (χ0) is 26.3. The van der Waals surface area contributed by atoms with Crippen LogP contribution in [0.4, 0.5) is 17.6 Å². The largest absolute Gasteiger partial charge is 0.455 e. The van der Waals surface area contributed by atoms with Crippen LogP contribution in [-0.4, -0.2) is 46.4 Å². The van der Waals surface area contributed by atoms with Crippen molar-refractivity contribution in [1.29, 1.82) is 0 Å². The molecule has 1 aliphatic carbocycles. The third kappa shape index (κ3) is 5.12. The van der Waals surface area contributed by atoms with Gasteiger partial charge in [-0.1, -0.05) is 20.8 Å². The van der Waals surface area contributed by atoms with Crippen LogP contribution in [0.5, 0.6) is 11.5 Å². The Kier molecular flexibility index (Phi) is 6.32. The maximum Gasteiger partial charge on any atom is 0.222 e. The summed E-state index contributed by atoms with van der Waals surface area (Å²) in [6.45, 7) is 7.86. The molecular weight excluding hydrogens is 472 g/mol. The normalized spacial score (nSPS) is 17.8. The standard InChI is InChI=1S/C26H32N8O3/c1-15(35)29-22-12-16(9-10-27-22)37-17-11-19-24(28-14-17)31-25(33(19)5)30-23-13-21(26(2,3)4)34(32-23)18-7-6-8-20(18)36/h9-14,18,20,36H,6-8H2,1-5H3,(H,27,29,35)(H,28,30,31,32). The molecule has 1 saturated carbocycles. The number of fused-ring (bicyclic) bond motifs is 1. The van der Waals surface area contributed by atoms with E-state index < -0.39 is 0 Å². The summed E-state index contributed by atoms with van der Waals surface area (Å²) in [5.74, 6) is 2.51. The first-order valence-electron chi connectivity index (χ1n) is 12.4. The number of anilines is 3. The van der Waals surface area contributed by atoms with Gasteiger partial charge in [0.15, 0.2) is 11.5 Å². The highest BCUT2D eigenvalue weighted by Crippen LogP contribution is 2.36. The first kappa shape index (κ1) is 24.7. The SMILES string of the molecule is CC(=O)Nc1cc(Oc2cnc3nc(Nc4cc(C(C)(C)C)n(C5CCCC5O)n4)n(C)c3c2)ccn1. The number of carbonyl (C=O) groups is 1. The fraction of sp³-hybridized carbons (Fsp3) is 0.423. The van der Waals surface area contributed by atoms with Gasteiger partial charge >= 0.3 is 0 Å². The van der Waals surface area contributed by atoms with E-state index in [1.165, 1.54) is 6.92 Å². The van der Waals surface area contributed by atoms with Crippen molar-refractivity contribution in [1.82, 2.24) is 29.3 Å². The molecule has 4 heterocycles. The minimum atomic E-state index is -0.387. The van der Waals surface area contributed by atoms with E-state index in [9.17, 15) is 9.90 Å². The number of aliphatic hydroxyl groups is 1. The zero-order valence-corrected chi connectivity index (χ0v) is 21.7. The van der Waals surface area contributed by atoms with E-state index in [1.807, 2.05) is 28.4 Å². The van der Waals surface area contributed by atoms with Gasteiger partial charge in [0, 0.05) is 49.5 Å². The number of nitrogens with zero attached hydrogens (tertiary/aromatic N) is 6. The molecule has 4 aromatic heterocycles. The van der Waals surface area contributed by atoms with Gasteiger partial charge in [-0.3, -0.25) is 9.48 Å². The topological polar surface area (TPSA) is 132 Å². The second-order valence-corrected chi connectivity index (χ2v) is 10.5. The van der Waals surface area contributed by atoms with E-state index in [-0.39, 0.29) is 23.5 Å². The van der Waals surface area contributed by atoms with Crippen LogP contribution in [0.3, 0.4) is 0 Å². The van der Waals surface area contributed by atoms with Crippen LogP contribution in [0.15, 0.2) is 36.7 Å². The molecule has 194 valence electrons. The van der Waals surface area contributed by atoms with Crippen LogP contribution < -0.4 is 15.4 Å². The number of aromatic nitrogens is 6. The highest BCUT2D eigenvalue weighted by molar-refractivity contribution is 5.87. The third-order valence-corrected chi connectivity index (χ3v) is 6.49. The summed E-state index contributed by atoms with van der Waals surface area (Å²) < 4.78 is 9.84. The molecule has 2 atom stereocenters. The number of hydrogen-bond donors (Lipinski definition) is 3. The van der Waals surface area contributed by atoms with Crippen molar-refractivity contribution >= 4 is 34.7 Å². The third-order valence-electron chi connectivity index (χ3n) is 6.49. The first-order valence-corrected chi connectivity index (χ1v) is 12.4. The maximum absolute atomic E-state index is 11.3. The number of nitrogens with one attached hydrogen (secondary N) is 2. The first-order chi connectivity index (χ1) is 17.6. The Morgan fingerprint density at radius 2 is 1.95 bits per heavy atom. The molecule has 0 aliphatic heterocycles. The van der Waals surface area contributed by atoms with Crippen LogP contribution in [0, 0.1) is 0 Å². The summed E-state index contributed by atoms with van der Waals surface area (Å²) in [6, 6.07) is 7.21. The van der Waals surface area contributed by atoms with Crippen molar-refractivity contribution in [2.45, 2.75) is 64.5 Å². The average Bonchev–Trinajstić information content (AvgIpc) is 3.51. The van der Waals surface area contributed by atoms with Gasteiger partial charge in [0.2, 0.25) is 11.9 Å². The highest BCUT2D eigenvalue weighted by atomic mass is 16.5. The molecule has 0 saturated heterocycles. The smallest absolute Gasteiger partial charge is 0.222 e. The summed E-state index contributed by atoms with van der Waals surface area (Å²) in [5, 5.41) is 21.3. The van der Waals surface area contributed by atoms with E-state index in [0.717, 1.165) is 30.5 Å². The van der Waals surface area contributed by atoms with Gasteiger partial charge < -0.3 is 25.0 Å². The number of hydrogen-bond acceptors (Lipinski definition) is 8. The number of rotatable bonds is 6. The minimum absolute atomic E-state index is 0.0223. The van der Waals surface area contributed by atoms with E-state index >= 15 is 0 Å². The predicted octanol–water partition coefficient (Wildman–Crippen LogP) is 4.44. The van der Waals surface area contributed by atoms with Crippen LogP contribution in [0.2, 0.25) is 0 Å². The number of aliphatic hydroxyl groups excluding tert-OH is 1. The van der Waals surface area contributed by atoms with Crippen molar-refractivity contribution in [3.8, 4) is 11.5 Å². The molecular formula is C26H32N8O3. The molecule has 0 spiro atoms. The number of pyridine rings is 2. The van der Waals surface area contributed by atoms with E-state index in [2.05, 4.69) is 46.4 Å². The zero-order valence-electron chi connectivity index (χ0n) is 21.7. The van der Waals surface area contributed by atoms with E-state index in [0.29, 0.717) is 34.7 Å². The Balaban J connectivity index is 1.41. The Bertz CT molecular complexity index is 1450. The Labute approximate surface area is 214 Å². The van der Waals surface area contributed by atoms with Crippen molar-refractivity contribution in [2.75, 3.05) is 10.6 Å². The van der Waals surface area contributed by atoms with E-state index in [4.69, 9.17) is 9.84 Å². The van der Waals surface area contributed by atoms with Crippen molar-refractivity contribution in [3.05, 3.63) is 42.4 Å². The maximum atomic E-state index is 11.3. The van der Waals surface area contributed by atoms with Crippen LogP contribution >= 0.6 is 0 Å². The predicted molar refractivity (Wildman–Crippen MR) is 140 cm³/mol. The summed E-state index contributed by atoms with van der Waals surface area (Å²) in [4.78, 5) is 24.5. The molecule has 1 aliphatic rings. The molecule has 37 heavy (non-hydrogen) atoms. The monoisotopic (exact) mass is 504 g/mol. The molecule has 1 amide bonds.